The van der Waals surface area contributed by atoms with Crippen molar-refractivity contribution >= 4 is 0 Å². The molecule has 0 aromatic heterocycles. The number of fused-ring (bicyclic) bond motifs is 1. The molecule has 0 aromatic carbocycles. The van der Waals surface area contributed by atoms with Gasteiger partial charge in [-0.1, -0.05) is 59.8 Å². The lowest BCUT2D eigenvalue weighted by atomic mass is 9.63. The van der Waals surface area contributed by atoms with Crippen molar-refractivity contribution in [3.63, 3.8) is 0 Å². The van der Waals surface area contributed by atoms with Gasteiger partial charge in [-0.3, -0.25) is 0 Å². The fourth-order valence-corrected chi connectivity index (χ4v) is 6.04. The number of aliphatic hydroxyl groups excluding tert-OH is 2. The van der Waals surface area contributed by atoms with E-state index in [-0.39, 0.29) is 18.1 Å². The zero-order valence-corrected chi connectivity index (χ0v) is 15.9. The van der Waals surface area contributed by atoms with Crippen LogP contribution in [0.3, 0.4) is 0 Å². The summed E-state index contributed by atoms with van der Waals surface area (Å²) in [7, 11) is 0. The highest BCUT2D eigenvalue weighted by Gasteiger charge is 2.47. The molecule has 0 aromatic rings. The van der Waals surface area contributed by atoms with Crippen LogP contribution < -0.4 is 0 Å². The van der Waals surface area contributed by atoms with Crippen molar-refractivity contribution in [2.24, 2.45) is 35.5 Å². The van der Waals surface area contributed by atoms with Crippen molar-refractivity contribution in [2.45, 2.75) is 97.7 Å². The Kier molecular flexibility index (Phi) is 7.41. The first-order valence-corrected chi connectivity index (χ1v) is 10.4. The molecule has 4 unspecified atom stereocenters. The fourth-order valence-electron chi connectivity index (χ4n) is 6.04. The zero-order chi connectivity index (χ0) is 17.0. The maximum absolute atomic E-state index is 11.2. The molecule has 0 saturated heterocycles. The maximum Gasteiger partial charge on any atom is 0.0626 e. The minimum absolute atomic E-state index is 0.127. The van der Waals surface area contributed by atoms with Gasteiger partial charge in [-0.05, 0) is 55.3 Å². The van der Waals surface area contributed by atoms with E-state index in [1.807, 2.05) is 0 Å². The van der Waals surface area contributed by atoms with Crippen LogP contribution in [0, 0.1) is 35.5 Å². The van der Waals surface area contributed by atoms with E-state index in [4.69, 9.17) is 0 Å². The molecule has 0 amide bonds. The van der Waals surface area contributed by atoms with E-state index in [9.17, 15) is 10.2 Å². The Morgan fingerprint density at radius 3 is 1.65 bits per heavy atom. The summed E-state index contributed by atoms with van der Waals surface area (Å²) in [6.45, 7) is 9.02. The molecule has 2 nitrogen and oxygen atoms in total. The van der Waals surface area contributed by atoms with E-state index >= 15 is 0 Å². The summed E-state index contributed by atoms with van der Waals surface area (Å²) < 4.78 is 0. The van der Waals surface area contributed by atoms with E-state index in [2.05, 4.69) is 27.7 Å². The number of hydrogen-bond donors (Lipinski definition) is 2. The smallest absolute Gasteiger partial charge is 0.0626 e. The van der Waals surface area contributed by atoms with Gasteiger partial charge in [-0.2, -0.15) is 0 Å². The number of hydrogen-bond acceptors (Lipinski definition) is 2. The Hall–Kier alpha value is -0.0800. The summed E-state index contributed by atoms with van der Waals surface area (Å²) in [5.41, 5.74) is 0. The van der Waals surface area contributed by atoms with E-state index in [0.29, 0.717) is 29.6 Å². The van der Waals surface area contributed by atoms with E-state index in [1.165, 1.54) is 19.3 Å². The molecule has 2 rings (SSSR count). The van der Waals surface area contributed by atoms with Gasteiger partial charge in [0.05, 0.1) is 12.2 Å². The monoisotopic (exact) mass is 324 g/mol. The Labute approximate surface area is 144 Å². The molecule has 2 saturated carbocycles. The van der Waals surface area contributed by atoms with Crippen molar-refractivity contribution in [1.82, 2.24) is 0 Å². The predicted octanol–water partition coefficient (Wildman–Crippen LogP) is 5.02. The van der Waals surface area contributed by atoms with Crippen LogP contribution in [-0.4, -0.2) is 22.4 Å². The highest BCUT2D eigenvalue weighted by Crippen LogP contribution is 2.48. The second-order valence-electron chi connectivity index (χ2n) is 8.31. The molecule has 2 N–H and O–H groups in total. The molecular formula is C21H40O2. The molecule has 0 heterocycles. The first kappa shape index (κ1) is 19.2. The molecule has 23 heavy (non-hydrogen) atoms. The first-order chi connectivity index (χ1) is 11.1. The van der Waals surface area contributed by atoms with Gasteiger partial charge in [0.1, 0.15) is 0 Å². The van der Waals surface area contributed by atoms with Crippen molar-refractivity contribution in [1.29, 1.82) is 0 Å². The molecule has 0 bridgehead atoms. The number of aliphatic hydroxyl groups is 2. The SMILES string of the molecule is CCC(CC)[C@H]1CCCC2CC[C@@H](C(CC)CC)C(O)C2C1O. The Balaban J connectivity index is 2.20. The molecule has 2 heteroatoms. The Morgan fingerprint density at radius 1 is 0.696 bits per heavy atom. The Bertz CT molecular complexity index is 335. The van der Waals surface area contributed by atoms with Gasteiger partial charge in [0.15, 0.2) is 0 Å². The second-order valence-corrected chi connectivity index (χ2v) is 8.31. The lowest BCUT2D eigenvalue weighted by molar-refractivity contribution is -0.106. The summed E-state index contributed by atoms with van der Waals surface area (Å²) >= 11 is 0. The van der Waals surface area contributed by atoms with E-state index in [0.717, 1.165) is 38.5 Å². The summed E-state index contributed by atoms with van der Waals surface area (Å²) in [5, 5.41) is 22.4. The van der Waals surface area contributed by atoms with Gasteiger partial charge >= 0.3 is 0 Å². The first-order valence-electron chi connectivity index (χ1n) is 10.4. The van der Waals surface area contributed by atoms with Gasteiger partial charge in [-0.15, -0.1) is 0 Å². The minimum atomic E-state index is -0.292. The van der Waals surface area contributed by atoms with Crippen molar-refractivity contribution in [3.05, 3.63) is 0 Å². The standard InChI is InChI=1S/C21H40O2/c1-5-14(6-2)17-11-9-10-16-12-13-18(15(7-3)8-4)21(23)19(16)20(17)22/h14-23H,5-13H2,1-4H3/t16?,17-,18+,19?,20?,21?/m1/s1. The fraction of sp³-hybridized carbons (Fsp3) is 1.00. The predicted molar refractivity (Wildman–Crippen MR) is 97.2 cm³/mol. The molecule has 2 fully saturated rings. The largest absolute Gasteiger partial charge is 0.392 e. The third-order valence-corrected chi connectivity index (χ3v) is 7.50. The third-order valence-electron chi connectivity index (χ3n) is 7.50. The molecule has 2 aliphatic carbocycles. The molecule has 0 spiro atoms. The van der Waals surface area contributed by atoms with Crippen LogP contribution in [0.5, 0.6) is 0 Å². The number of rotatable bonds is 6. The van der Waals surface area contributed by atoms with E-state index in [1.54, 1.807) is 0 Å². The van der Waals surface area contributed by atoms with Crippen molar-refractivity contribution < 1.29 is 10.2 Å². The maximum atomic E-state index is 11.2. The van der Waals surface area contributed by atoms with Crippen LogP contribution in [-0.2, 0) is 0 Å². The quantitative estimate of drug-likeness (QED) is 0.720. The molecule has 0 aliphatic heterocycles. The normalized spacial score (nSPS) is 38.6. The lowest BCUT2D eigenvalue weighted by Crippen LogP contribution is -2.49. The highest BCUT2D eigenvalue weighted by molar-refractivity contribution is 4.97. The average molecular weight is 325 g/mol. The van der Waals surface area contributed by atoms with E-state index < -0.39 is 0 Å². The van der Waals surface area contributed by atoms with Crippen molar-refractivity contribution in [3.8, 4) is 0 Å². The van der Waals surface area contributed by atoms with Gasteiger partial charge in [0.25, 0.3) is 0 Å². The zero-order valence-electron chi connectivity index (χ0n) is 15.9. The minimum Gasteiger partial charge on any atom is -0.392 e. The summed E-state index contributed by atoms with van der Waals surface area (Å²) in [5.74, 6) is 2.71. The van der Waals surface area contributed by atoms with Gasteiger partial charge < -0.3 is 10.2 Å². The van der Waals surface area contributed by atoms with Crippen LogP contribution in [0.25, 0.3) is 0 Å². The van der Waals surface area contributed by atoms with Crippen LogP contribution in [0.1, 0.15) is 85.5 Å². The second kappa shape index (κ2) is 8.85. The molecule has 0 radical (unpaired) electrons. The summed E-state index contributed by atoms with van der Waals surface area (Å²) in [6, 6.07) is 0. The van der Waals surface area contributed by atoms with Crippen LogP contribution in [0.2, 0.25) is 0 Å². The van der Waals surface area contributed by atoms with Crippen molar-refractivity contribution in [2.75, 3.05) is 0 Å². The van der Waals surface area contributed by atoms with Gasteiger partial charge in [-0.25, -0.2) is 0 Å². The summed E-state index contributed by atoms with van der Waals surface area (Å²) in [6.07, 6.45) is 10.0. The van der Waals surface area contributed by atoms with Crippen LogP contribution >= 0.6 is 0 Å². The van der Waals surface area contributed by atoms with Crippen LogP contribution in [0.4, 0.5) is 0 Å². The molecule has 6 atom stereocenters. The summed E-state index contributed by atoms with van der Waals surface area (Å²) in [4.78, 5) is 0. The molecular weight excluding hydrogens is 284 g/mol. The lowest BCUT2D eigenvalue weighted by Gasteiger charge is -2.46. The van der Waals surface area contributed by atoms with Gasteiger partial charge in [0.2, 0.25) is 0 Å². The average Bonchev–Trinajstić information content (AvgIpc) is 2.72. The van der Waals surface area contributed by atoms with Crippen LogP contribution in [0.15, 0.2) is 0 Å². The Morgan fingerprint density at radius 2 is 1.17 bits per heavy atom. The molecule has 136 valence electrons. The topological polar surface area (TPSA) is 40.5 Å². The van der Waals surface area contributed by atoms with Gasteiger partial charge in [0, 0.05) is 5.92 Å². The molecule has 2 aliphatic rings. The third kappa shape index (κ3) is 3.95. The highest BCUT2D eigenvalue weighted by atomic mass is 16.3.